The van der Waals surface area contributed by atoms with Gasteiger partial charge in [-0.1, -0.05) is 23.2 Å². The molecule has 1 aliphatic heterocycles. The van der Waals surface area contributed by atoms with Gasteiger partial charge >= 0.3 is 0 Å². The van der Waals surface area contributed by atoms with Crippen molar-refractivity contribution >= 4 is 41.2 Å². The summed E-state index contributed by atoms with van der Waals surface area (Å²) in [7, 11) is 4.58. The molecule has 2 aromatic rings. The fraction of sp³-hybridized carbons (Fsp3) is 0.348. The number of halogens is 2. The van der Waals surface area contributed by atoms with Crippen LogP contribution in [0.25, 0.3) is 0 Å². The molecule has 0 saturated carbocycles. The smallest absolute Gasteiger partial charge is 0.255 e. The lowest BCUT2D eigenvalue weighted by atomic mass is 9.95. The molecule has 33 heavy (non-hydrogen) atoms. The first-order chi connectivity index (χ1) is 15.9. The highest BCUT2D eigenvalue weighted by molar-refractivity contribution is 6.36. The molecular formula is C23H25Cl2N3O5. The molecule has 2 amide bonds. The Morgan fingerprint density at radius 3 is 2.21 bits per heavy atom. The van der Waals surface area contributed by atoms with E-state index in [0.717, 1.165) is 0 Å². The first-order valence-corrected chi connectivity index (χ1v) is 11.0. The zero-order valence-corrected chi connectivity index (χ0v) is 20.1. The summed E-state index contributed by atoms with van der Waals surface area (Å²) in [6.45, 7) is 0.902. The van der Waals surface area contributed by atoms with Crippen LogP contribution in [0.5, 0.6) is 17.2 Å². The molecule has 0 radical (unpaired) electrons. The summed E-state index contributed by atoms with van der Waals surface area (Å²) in [5, 5.41) is 4.84. The summed E-state index contributed by atoms with van der Waals surface area (Å²) in [5.41, 5.74) is 3.65. The predicted octanol–water partition coefficient (Wildman–Crippen LogP) is 4.02. The standard InChI is InChI=1S/C23H25Cl2N3O5/c1-31-19-10-14(11-20(32-2)21(19)33-3)13-26-27-22(29)15-6-8-28(9-7-15)23(30)17-5-4-16(24)12-18(17)25/h4-5,10-13,15H,6-9H2,1-3H3,(H,27,29)/b26-13-. The highest BCUT2D eigenvalue weighted by Gasteiger charge is 2.28. The van der Waals surface area contributed by atoms with Crippen molar-refractivity contribution in [1.29, 1.82) is 0 Å². The maximum atomic E-state index is 12.7. The number of nitrogens with one attached hydrogen (secondary N) is 1. The Balaban J connectivity index is 1.56. The van der Waals surface area contributed by atoms with E-state index in [1.54, 1.807) is 35.2 Å². The number of hydrogen-bond donors (Lipinski definition) is 1. The number of carbonyl (C=O) groups is 2. The molecular weight excluding hydrogens is 469 g/mol. The summed E-state index contributed by atoms with van der Waals surface area (Å²) in [5.74, 6) is 0.838. The molecule has 176 valence electrons. The second-order valence-corrected chi connectivity index (χ2v) is 8.23. The number of hydrazone groups is 1. The van der Waals surface area contributed by atoms with E-state index < -0.39 is 0 Å². The number of benzene rings is 2. The molecule has 0 bridgehead atoms. The molecule has 0 aliphatic carbocycles. The molecule has 1 heterocycles. The van der Waals surface area contributed by atoms with Gasteiger partial charge in [-0.2, -0.15) is 5.10 Å². The van der Waals surface area contributed by atoms with Gasteiger partial charge in [0.1, 0.15) is 0 Å². The van der Waals surface area contributed by atoms with E-state index in [9.17, 15) is 9.59 Å². The summed E-state index contributed by atoms with van der Waals surface area (Å²) in [4.78, 5) is 27.0. The van der Waals surface area contributed by atoms with Gasteiger partial charge in [0.05, 0.1) is 38.1 Å². The van der Waals surface area contributed by atoms with Crippen LogP contribution >= 0.6 is 23.2 Å². The van der Waals surface area contributed by atoms with Gasteiger partial charge in [-0.15, -0.1) is 0 Å². The summed E-state index contributed by atoms with van der Waals surface area (Å²) >= 11 is 12.1. The summed E-state index contributed by atoms with van der Waals surface area (Å²) < 4.78 is 15.9. The number of rotatable bonds is 7. The van der Waals surface area contributed by atoms with Crippen LogP contribution in [0, 0.1) is 5.92 Å². The number of piperidine rings is 1. The van der Waals surface area contributed by atoms with Crippen molar-refractivity contribution in [2.24, 2.45) is 11.0 Å². The molecule has 10 heteroatoms. The van der Waals surface area contributed by atoms with Gasteiger partial charge in [-0.3, -0.25) is 9.59 Å². The van der Waals surface area contributed by atoms with Crippen LogP contribution in [0.15, 0.2) is 35.4 Å². The normalized spacial score (nSPS) is 14.3. The molecule has 0 atom stereocenters. The molecule has 1 aliphatic rings. The second kappa shape index (κ2) is 11.2. The first kappa shape index (κ1) is 24.7. The zero-order chi connectivity index (χ0) is 24.0. The van der Waals surface area contributed by atoms with Crippen molar-refractivity contribution in [3.8, 4) is 17.2 Å². The number of carbonyl (C=O) groups excluding carboxylic acids is 2. The van der Waals surface area contributed by atoms with E-state index in [2.05, 4.69) is 10.5 Å². The lowest BCUT2D eigenvalue weighted by Crippen LogP contribution is -2.42. The maximum Gasteiger partial charge on any atom is 0.255 e. The fourth-order valence-corrected chi connectivity index (χ4v) is 4.10. The minimum Gasteiger partial charge on any atom is -0.493 e. The Morgan fingerprint density at radius 2 is 1.67 bits per heavy atom. The van der Waals surface area contributed by atoms with Crippen molar-refractivity contribution in [3.63, 3.8) is 0 Å². The number of ether oxygens (including phenoxy) is 3. The van der Waals surface area contributed by atoms with Crippen molar-refractivity contribution in [2.45, 2.75) is 12.8 Å². The van der Waals surface area contributed by atoms with Crippen molar-refractivity contribution in [1.82, 2.24) is 10.3 Å². The van der Waals surface area contributed by atoms with Crippen molar-refractivity contribution < 1.29 is 23.8 Å². The van der Waals surface area contributed by atoms with Gasteiger partial charge in [-0.05, 0) is 43.2 Å². The highest BCUT2D eigenvalue weighted by atomic mass is 35.5. The maximum absolute atomic E-state index is 12.7. The Kier molecular flexibility index (Phi) is 8.41. The molecule has 3 rings (SSSR count). The third-order valence-corrected chi connectivity index (χ3v) is 5.94. The average Bonchev–Trinajstić information content (AvgIpc) is 2.83. The van der Waals surface area contributed by atoms with Crippen molar-refractivity contribution in [3.05, 3.63) is 51.5 Å². The average molecular weight is 494 g/mol. The Labute approximate surface area is 202 Å². The number of hydrogen-bond acceptors (Lipinski definition) is 6. The van der Waals surface area contributed by atoms with Crippen LogP contribution in [-0.2, 0) is 4.79 Å². The number of amides is 2. The summed E-state index contributed by atoms with van der Waals surface area (Å²) in [6.07, 6.45) is 2.56. The zero-order valence-electron chi connectivity index (χ0n) is 18.6. The summed E-state index contributed by atoms with van der Waals surface area (Å²) in [6, 6.07) is 8.24. The highest BCUT2D eigenvalue weighted by Crippen LogP contribution is 2.37. The molecule has 2 aromatic carbocycles. The lowest BCUT2D eigenvalue weighted by molar-refractivity contribution is -0.126. The molecule has 0 spiro atoms. The van der Waals surface area contributed by atoms with E-state index >= 15 is 0 Å². The van der Waals surface area contributed by atoms with Crippen molar-refractivity contribution in [2.75, 3.05) is 34.4 Å². The van der Waals surface area contributed by atoms with Crippen LogP contribution in [-0.4, -0.2) is 57.3 Å². The topological polar surface area (TPSA) is 89.5 Å². The van der Waals surface area contributed by atoms with E-state index in [1.807, 2.05) is 0 Å². The molecule has 0 aromatic heterocycles. The monoisotopic (exact) mass is 493 g/mol. The number of likely N-dealkylation sites (tertiary alicyclic amines) is 1. The van der Waals surface area contributed by atoms with Crippen LogP contribution in [0.2, 0.25) is 10.0 Å². The number of methoxy groups -OCH3 is 3. The number of nitrogens with zero attached hydrogens (tertiary/aromatic N) is 2. The van der Waals surface area contributed by atoms with Gasteiger partial charge < -0.3 is 19.1 Å². The minimum absolute atomic E-state index is 0.170. The molecule has 1 fully saturated rings. The predicted molar refractivity (Wildman–Crippen MR) is 127 cm³/mol. The van der Waals surface area contributed by atoms with E-state index in [0.29, 0.717) is 64.4 Å². The quantitative estimate of drug-likeness (QED) is 0.464. The third kappa shape index (κ3) is 5.89. The Bertz CT molecular complexity index is 1030. The lowest BCUT2D eigenvalue weighted by Gasteiger charge is -2.31. The largest absolute Gasteiger partial charge is 0.493 e. The fourth-order valence-electron chi connectivity index (χ4n) is 3.62. The molecule has 1 saturated heterocycles. The molecule has 1 N–H and O–H groups in total. The van der Waals surface area contributed by atoms with E-state index in [-0.39, 0.29) is 17.7 Å². The Morgan fingerprint density at radius 1 is 1.03 bits per heavy atom. The van der Waals surface area contributed by atoms with Crippen LogP contribution < -0.4 is 19.6 Å². The van der Waals surface area contributed by atoms with Gasteiger partial charge in [0.25, 0.3) is 5.91 Å². The SMILES string of the molecule is COc1cc(/C=N\NC(=O)C2CCN(C(=O)c3ccc(Cl)cc3Cl)CC2)cc(OC)c1OC. The minimum atomic E-state index is -0.244. The molecule has 8 nitrogen and oxygen atoms in total. The molecule has 0 unspecified atom stereocenters. The van der Waals surface area contributed by atoms with Gasteiger partial charge in [0, 0.05) is 29.6 Å². The second-order valence-electron chi connectivity index (χ2n) is 7.38. The third-order valence-electron chi connectivity index (χ3n) is 5.39. The van der Waals surface area contributed by atoms with Crippen LogP contribution in [0.3, 0.4) is 0 Å². The van der Waals surface area contributed by atoms with Crippen LogP contribution in [0.4, 0.5) is 0 Å². The van der Waals surface area contributed by atoms with E-state index in [4.69, 9.17) is 37.4 Å². The van der Waals surface area contributed by atoms with E-state index in [1.165, 1.54) is 27.5 Å². The Hall–Kier alpha value is -2.97. The van der Waals surface area contributed by atoms with Gasteiger partial charge in [0.2, 0.25) is 11.7 Å². The first-order valence-electron chi connectivity index (χ1n) is 10.2. The van der Waals surface area contributed by atoms with Gasteiger partial charge in [0.15, 0.2) is 11.5 Å². The van der Waals surface area contributed by atoms with Gasteiger partial charge in [-0.25, -0.2) is 5.43 Å². The van der Waals surface area contributed by atoms with Crippen LogP contribution in [0.1, 0.15) is 28.8 Å².